The summed E-state index contributed by atoms with van der Waals surface area (Å²) in [5.74, 6) is -2.75. The zero-order chi connectivity index (χ0) is 22.9. The molecule has 1 saturated heterocycles. The highest BCUT2D eigenvalue weighted by atomic mass is 32.2. The summed E-state index contributed by atoms with van der Waals surface area (Å²) in [7, 11) is -3.67. The van der Waals surface area contributed by atoms with Gasteiger partial charge in [-0.25, -0.2) is 13.9 Å². The van der Waals surface area contributed by atoms with Crippen LogP contribution in [0.2, 0.25) is 0 Å². The molecule has 0 aromatic carbocycles. The maximum absolute atomic E-state index is 13.1. The van der Waals surface area contributed by atoms with E-state index in [-0.39, 0.29) is 24.8 Å². The van der Waals surface area contributed by atoms with E-state index in [9.17, 15) is 23.2 Å². The SMILES string of the molecule is CC(C)C[C@@H](C(=O)NN(CC(C)C)S(C)(=O)=O)[C@H](CC=C1CCOCC1)C(=O)NO. The van der Waals surface area contributed by atoms with E-state index in [4.69, 9.17) is 4.74 Å². The fourth-order valence-corrected chi connectivity index (χ4v) is 4.26. The number of allylic oxidation sites excluding steroid dienone is 1. The Morgan fingerprint density at radius 3 is 2.17 bits per heavy atom. The van der Waals surface area contributed by atoms with Gasteiger partial charge in [0.2, 0.25) is 21.8 Å². The fourth-order valence-electron chi connectivity index (χ4n) is 3.43. The van der Waals surface area contributed by atoms with Gasteiger partial charge in [0.05, 0.1) is 31.3 Å². The van der Waals surface area contributed by atoms with Crippen molar-refractivity contribution in [3.05, 3.63) is 11.6 Å². The highest BCUT2D eigenvalue weighted by Gasteiger charge is 2.35. The minimum absolute atomic E-state index is 0.00151. The third kappa shape index (κ3) is 9.11. The third-order valence-corrected chi connectivity index (χ3v) is 6.00. The van der Waals surface area contributed by atoms with E-state index < -0.39 is 33.7 Å². The maximum atomic E-state index is 13.1. The highest BCUT2D eigenvalue weighted by Crippen LogP contribution is 2.27. The van der Waals surface area contributed by atoms with Crippen molar-refractivity contribution < 1.29 is 28.0 Å². The second-order valence-corrected chi connectivity index (χ2v) is 10.6. The van der Waals surface area contributed by atoms with Gasteiger partial charge in [0.25, 0.3) is 0 Å². The molecule has 1 aliphatic rings. The van der Waals surface area contributed by atoms with Crippen LogP contribution in [0.1, 0.15) is 53.4 Å². The molecule has 9 nitrogen and oxygen atoms in total. The number of sulfonamides is 1. The summed E-state index contributed by atoms with van der Waals surface area (Å²) >= 11 is 0. The Kier molecular flexibility index (Phi) is 11.0. The number of hydrogen-bond donors (Lipinski definition) is 3. The summed E-state index contributed by atoms with van der Waals surface area (Å²) < 4.78 is 30.5. The van der Waals surface area contributed by atoms with Gasteiger partial charge < -0.3 is 4.74 Å². The molecular weight excluding hydrogens is 410 g/mol. The van der Waals surface area contributed by atoms with Crippen LogP contribution in [-0.4, -0.2) is 55.9 Å². The molecule has 0 spiro atoms. The van der Waals surface area contributed by atoms with E-state index in [1.807, 2.05) is 33.8 Å². The maximum Gasteiger partial charge on any atom is 0.247 e. The van der Waals surface area contributed by atoms with E-state index in [1.54, 1.807) is 5.48 Å². The van der Waals surface area contributed by atoms with Gasteiger partial charge in [0, 0.05) is 6.54 Å². The Hall–Kier alpha value is -1.49. The van der Waals surface area contributed by atoms with Gasteiger partial charge in [0.1, 0.15) is 0 Å². The van der Waals surface area contributed by atoms with Crippen LogP contribution in [0.15, 0.2) is 11.6 Å². The topological polar surface area (TPSA) is 125 Å². The molecule has 0 unspecified atom stereocenters. The summed E-state index contributed by atoms with van der Waals surface area (Å²) in [5.41, 5.74) is 5.32. The molecule has 1 aliphatic heterocycles. The lowest BCUT2D eigenvalue weighted by Crippen LogP contribution is -2.51. The van der Waals surface area contributed by atoms with Gasteiger partial charge in [-0.15, -0.1) is 4.41 Å². The van der Waals surface area contributed by atoms with E-state index in [0.29, 0.717) is 19.6 Å². The van der Waals surface area contributed by atoms with Crippen LogP contribution in [0, 0.1) is 23.7 Å². The number of amides is 2. The van der Waals surface area contributed by atoms with Gasteiger partial charge in [0.15, 0.2) is 0 Å². The molecule has 1 heterocycles. The first-order chi connectivity index (χ1) is 14.0. The average Bonchev–Trinajstić information content (AvgIpc) is 2.65. The molecule has 174 valence electrons. The van der Waals surface area contributed by atoms with Crippen molar-refractivity contribution in [2.75, 3.05) is 26.0 Å². The molecule has 30 heavy (non-hydrogen) atoms. The lowest BCUT2D eigenvalue weighted by atomic mass is 9.81. The van der Waals surface area contributed by atoms with E-state index in [2.05, 4.69) is 5.43 Å². The van der Waals surface area contributed by atoms with Crippen molar-refractivity contribution in [3.8, 4) is 0 Å². The summed E-state index contributed by atoms with van der Waals surface area (Å²) in [4.78, 5) is 25.6. The van der Waals surface area contributed by atoms with Crippen molar-refractivity contribution >= 4 is 21.8 Å². The van der Waals surface area contributed by atoms with Crippen LogP contribution < -0.4 is 10.9 Å². The van der Waals surface area contributed by atoms with Crippen molar-refractivity contribution in [3.63, 3.8) is 0 Å². The molecule has 0 aromatic heterocycles. The van der Waals surface area contributed by atoms with E-state index >= 15 is 0 Å². The molecule has 1 rings (SSSR count). The number of ether oxygens (including phenoxy) is 1. The Balaban J connectivity index is 3.12. The van der Waals surface area contributed by atoms with Crippen LogP contribution in [0.3, 0.4) is 0 Å². The largest absolute Gasteiger partial charge is 0.381 e. The van der Waals surface area contributed by atoms with Crippen molar-refractivity contribution in [2.45, 2.75) is 53.4 Å². The first-order valence-electron chi connectivity index (χ1n) is 10.4. The molecule has 0 aliphatic carbocycles. The van der Waals surface area contributed by atoms with Crippen molar-refractivity contribution in [1.82, 2.24) is 15.3 Å². The number of hydroxylamine groups is 1. The molecule has 3 N–H and O–H groups in total. The molecule has 2 atom stereocenters. The minimum Gasteiger partial charge on any atom is -0.381 e. The number of rotatable bonds is 11. The number of carbonyl (C=O) groups is 2. The van der Waals surface area contributed by atoms with Gasteiger partial charge >= 0.3 is 0 Å². The van der Waals surface area contributed by atoms with Crippen LogP contribution in [-0.2, 0) is 24.3 Å². The molecule has 0 bridgehead atoms. The van der Waals surface area contributed by atoms with Crippen molar-refractivity contribution in [1.29, 1.82) is 0 Å². The summed E-state index contributed by atoms with van der Waals surface area (Å²) in [5, 5.41) is 9.26. The van der Waals surface area contributed by atoms with Crippen molar-refractivity contribution in [2.24, 2.45) is 23.7 Å². The molecule has 0 radical (unpaired) electrons. The summed E-state index contributed by atoms with van der Waals surface area (Å²) in [6, 6.07) is 0. The minimum atomic E-state index is -3.67. The molecule has 1 fully saturated rings. The molecule has 10 heteroatoms. The second-order valence-electron chi connectivity index (χ2n) is 8.69. The number of hydrogen-bond acceptors (Lipinski definition) is 6. The standard InChI is InChI=1S/C20H37N3O6S/c1-14(2)12-18(19(24)21-23(13-15(3)4)30(5,27)28)17(20(25)22-26)7-6-16-8-10-29-11-9-16/h6,14-15,17-18,26H,7-13H2,1-5H3,(H,21,24)(H,22,25)/t17-,18+/m0/s1. The normalized spacial score (nSPS) is 17.2. The quantitative estimate of drug-likeness (QED) is 0.252. The lowest BCUT2D eigenvalue weighted by molar-refractivity contribution is -0.142. The number of carbonyl (C=O) groups excluding carboxylic acids is 2. The second kappa shape index (κ2) is 12.4. The first-order valence-corrected chi connectivity index (χ1v) is 12.3. The Morgan fingerprint density at radius 2 is 1.70 bits per heavy atom. The average molecular weight is 448 g/mol. The summed E-state index contributed by atoms with van der Waals surface area (Å²) in [6.07, 6.45) is 5.15. The van der Waals surface area contributed by atoms with E-state index in [0.717, 1.165) is 29.1 Å². The van der Waals surface area contributed by atoms with E-state index in [1.165, 1.54) is 0 Å². The predicted molar refractivity (Wildman–Crippen MR) is 114 cm³/mol. The molecule has 2 amide bonds. The Labute approximate surface area is 180 Å². The molecule has 0 saturated carbocycles. The van der Waals surface area contributed by atoms with Crippen LogP contribution in [0.5, 0.6) is 0 Å². The molecular formula is C20H37N3O6S. The zero-order valence-corrected chi connectivity index (χ0v) is 19.5. The first kappa shape index (κ1) is 26.5. The van der Waals surface area contributed by atoms with Gasteiger partial charge in [-0.2, -0.15) is 0 Å². The lowest BCUT2D eigenvalue weighted by Gasteiger charge is -2.29. The Morgan fingerprint density at radius 1 is 1.10 bits per heavy atom. The van der Waals surface area contributed by atoms with Gasteiger partial charge in [-0.05, 0) is 37.5 Å². The smallest absolute Gasteiger partial charge is 0.247 e. The van der Waals surface area contributed by atoms with Crippen LogP contribution in [0.25, 0.3) is 0 Å². The van der Waals surface area contributed by atoms with Gasteiger partial charge in [-0.1, -0.05) is 39.3 Å². The van der Waals surface area contributed by atoms with Gasteiger partial charge in [-0.3, -0.25) is 20.2 Å². The highest BCUT2D eigenvalue weighted by molar-refractivity contribution is 7.88. The number of nitrogens with zero attached hydrogens (tertiary/aromatic N) is 1. The summed E-state index contributed by atoms with van der Waals surface area (Å²) in [6.45, 7) is 8.91. The number of nitrogens with one attached hydrogen (secondary N) is 2. The fraction of sp³-hybridized carbons (Fsp3) is 0.800. The third-order valence-electron chi connectivity index (χ3n) is 4.96. The zero-order valence-electron chi connectivity index (χ0n) is 18.7. The molecule has 0 aromatic rings. The Bertz CT molecular complexity index is 697. The predicted octanol–water partition coefficient (Wildman–Crippen LogP) is 1.85. The van der Waals surface area contributed by atoms with Crippen LogP contribution >= 0.6 is 0 Å². The number of hydrazine groups is 1. The monoisotopic (exact) mass is 447 g/mol. The van der Waals surface area contributed by atoms with Crippen LogP contribution in [0.4, 0.5) is 0 Å².